The van der Waals surface area contributed by atoms with Crippen LogP contribution in [0.1, 0.15) is 15.9 Å². The molecule has 0 spiro atoms. The van der Waals surface area contributed by atoms with Gasteiger partial charge in [0.25, 0.3) is 11.6 Å². The fourth-order valence-corrected chi connectivity index (χ4v) is 3.93. The van der Waals surface area contributed by atoms with Crippen LogP contribution in [-0.2, 0) is 9.84 Å². The number of nitrogens with two attached hydrogens (primary N) is 2. The first-order chi connectivity index (χ1) is 12.0. The average molecular weight is 441 g/mol. The van der Waals surface area contributed by atoms with Crippen LogP contribution in [0.4, 0.5) is 5.69 Å². The summed E-state index contributed by atoms with van der Waals surface area (Å²) >= 11 is 3.19. The van der Waals surface area contributed by atoms with E-state index in [1.807, 2.05) is 0 Å². The lowest BCUT2D eigenvalue weighted by molar-refractivity contribution is -0.387. The van der Waals surface area contributed by atoms with Crippen molar-refractivity contribution in [1.29, 1.82) is 0 Å². The molecule has 0 aliphatic rings. The summed E-state index contributed by atoms with van der Waals surface area (Å²) in [5.41, 5.74) is 9.55. The van der Waals surface area contributed by atoms with Gasteiger partial charge < -0.3 is 11.5 Å². The number of aliphatic imine (C=N–C) groups is 1. The summed E-state index contributed by atoms with van der Waals surface area (Å²) in [7, 11) is -4.18. The third-order valence-corrected chi connectivity index (χ3v) is 5.70. The highest BCUT2D eigenvalue weighted by Crippen LogP contribution is 2.32. The summed E-state index contributed by atoms with van der Waals surface area (Å²) < 4.78 is 26.3. The van der Waals surface area contributed by atoms with Crippen molar-refractivity contribution in [2.24, 2.45) is 16.5 Å². The molecule has 26 heavy (non-hydrogen) atoms. The van der Waals surface area contributed by atoms with Crippen molar-refractivity contribution in [3.63, 3.8) is 0 Å². The predicted molar refractivity (Wildman–Crippen MR) is 97.6 cm³/mol. The van der Waals surface area contributed by atoms with Gasteiger partial charge in [0.2, 0.25) is 9.84 Å². The van der Waals surface area contributed by atoms with Crippen LogP contribution in [0.3, 0.4) is 0 Å². The van der Waals surface area contributed by atoms with Crippen LogP contribution in [-0.4, -0.2) is 25.2 Å². The Hall–Kier alpha value is -2.79. The summed E-state index contributed by atoms with van der Waals surface area (Å²) in [6, 6.07) is 7.55. The zero-order valence-electron chi connectivity index (χ0n) is 13.3. The van der Waals surface area contributed by atoms with Crippen molar-refractivity contribution in [2.75, 3.05) is 0 Å². The van der Waals surface area contributed by atoms with Gasteiger partial charge in [0.15, 0.2) is 5.96 Å². The molecule has 136 valence electrons. The summed E-state index contributed by atoms with van der Waals surface area (Å²) in [5.74, 6) is -1.41. The first-order valence-electron chi connectivity index (χ1n) is 6.97. The van der Waals surface area contributed by atoms with Crippen molar-refractivity contribution in [2.45, 2.75) is 16.7 Å². The highest BCUT2D eigenvalue weighted by molar-refractivity contribution is 9.10. The Morgan fingerprint density at radius 2 is 1.77 bits per heavy atom. The molecule has 0 fully saturated rings. The largest absolute Gasteiger partial charge is 0.370 e. The quantitative estimate of drug-likeness (QED) is 0.317. The van der Waals surface area contributed by atoms with Gasteiger partial charge in [-0.1, -0.05) is 15.9 Å². The van der Waals surface area contributed by atoms with Crippen LogP contribution >= 0.6 is 15.9 Å². The van der Waals surface area contributed by atoms with E-state index in [0.717, 1.165) is 12.1 Å². The molecule has 0 aliphatic carbocycles. The first kappa shape index (κ1) is 19.5. The molecule has 0 saturated carbocycles. The zero-order valence-corrected chi connectivity index (χ0v) is 15.7. The molecule has 11 heteroatoms. The van der Waals surface area contributed by atoms with Gasteiger partial charge >= 0.3 is 0 Å². The average Bonchev–Trinajstić information content (AvgIpc) is 2.53. The Kier molecular flexibility index (Phi) is 5.42. The molecule has 2 aromatic carbocycles. The number of nitrogens with zero attached hydrogens (tertiary/aromatic N) is 2. The normalized spacial score (nSPS) is 11.0. The molecule has 0 radical (unpaired) electrons. The van der Waals surface area contributed by atoms with Crippen LogP contribution in [0.15, 0.2) is 55.7 Å². The van der Waals surface area contributed by atoms with Crippen LogP contribution in [0.2, 0.25) is 0 Å². The van der Waals surface area contributed by atoms with E-state index in [2.05, 4.69) is 20.9 Å². The number of hydrogen-bond acceptors (Lipinski definition) is 5. The van der Waals surface area contributed by atoms with Gasteiger partial charge in [-0.2, -0.15) is 4.99 Å². The van der Waals surface area contributed by atoms with Crippen LogP contribution < -0.4 is 11.5 Å². The molecule has 1 amide bonds. The van der Waals surface area contributed by atoms with E-state index in [1.165, 1.54) is 31.2 Å². The third-order valence-electron chi connectivity index (χ3n) is 3.38. The molecule has 0 heterocycles. The van der Waals surface area contributed by atoms with Crippen molar-refractivity contribution in [3.05, 3.63) is 62.1 Å². The number of carbonyl (C=O) groups is 1. The zero-order chi connectivity index (χ0) is 19.6. The lowest BCUT2D eigenvalue weighted by Gasteiger charge is -2.09. The van der Waals surface area contributed by atoms with Crippen LogP contribution in [0.25, 0.3) is 0 Å². The number of amides is 1. The van der Waals surface area contributed by atoms with Crippen LogP contribution in [0.5, 0.6) is 0 Å². The maximum absolute atomic E-state index is 12.8. The Balaban J connectivity index is 2.72. The van der Waals surface area contributed by atoms with Gasteiger partial charge in [-0.3, -0.25) is 14.9 Å². The summed E-state index contributed by atoms with van der Waals surface area (Å²) in [4.78, 5) is 25.2. The van der Waals surface area contributed by atoms with Crippen LogP contribution in [0, 0.1) is 17.0 Å². The van der Waals surface area contributed by atoms with Crippen molar-refractivity contribution in [1.82, 2.24) is 0 Å². The number of hydrogen-bond donors (Lipinski definition) is 2. The number of benzene rings is 2. The maximum Gasteiger partial charge on any atom is 0.289 e. The fraction of sp³-hybridized carbons (Fsp3) is 0.0667. The summed E-state index contributed by atoms with van der Waals surface area (Å²) in [6.45, 7) is 1.43. The van der Waals surface area contributed by atoms with Gasteiger partial charge in [-0.15, -0.1) is 0 Å². The van der Waals surface area contributed by atoms with Gasteiger partial charge in [-0.05, 0) is 42.8 Å². The molecule has 0 aliphatic heterocycles. The highest BCUT2D eigenvalue weighted by Gasteiger charge is 2.30. The minimum Gasteiger partial charge on any atom is -0.370 e. The number of sulfone groups is 1. The predicted octanol–water partition coefficient (Wildman–Crippen LogP) is 1.91. The van der Waals surface area contributed by atoms with E-state index < -0.39 is 37.2 Å². The number of guanidine groups is 1. The highest BCUT2D eigenvalue weighted by atomic mass is 79.9. The molecule has 0 aromatic heterocycles. The summed E-state index contributed by atoms with van der Waals surface area (Å²) in [6.07, 6.45) is 0. The third kappa shape index (κ3) is 3.89. The lowest BCUT2D eigenvalue weighted by Crippen LogP contribution is -2.24. The van der Waals surface area contributed by atoms with Gasteiger partial charge in [-0.25, -0.2) is 8.42 Å². The number of carbonyl (C=O) groups excluding carboxylic acids is 1. The Labute approximate surface area is 156 Å². The number of nitro benzene ring substituents is 1. The van der Waals surface area contributed by atoms with E-state index >= 15 is 0 Å². The monoisotopic (exact) mass is 440 g/mol. The van der Waals surface area contributed by atoms with E-state index in [0.29, 0.717) is 4.47 Å². The second kappa shape index (κ2) is 7.22. The van der Waals surface area contributed by atoms with E-state index in [4.69, 9.17) is 11.5 Å². The molecule has 0 saturated heterocycles. The Bertz CT molecular complexity index is 1030. The molecule has 9 nitrogen and oxygen atoms in total. The number of rotatable bonds is 4. The Morgan fingerprint density at radius 1 is 1.19 bits per heavy atom. The minimum atomic E-state index is -4.18. The molecule has 0 bridgehead atoms. The molecule has 0 unspecified atom stereocenters. The van der Waals surface area contributed by atoms with Gasteiger partial charge in [0.05, 0.1) is 15.4 Å². The van der Waals surface area contributed by atoms with Crippen molar-refractivity contribution < 1.29 is 18.1 Å². The van der Waals surface area contributed by atoms with Gasteiger partial charge in [0, 0.05) is 10.5 Å². The second-order valence-electron chi connectivity index (χ2n) is 5.19. The fourth-order valence-electron chi connectivity index (χ4n) is 2.18. The van der Waals surface area contributed by atoms with E-state index in [9.17, 15) is 23.3 Å². The van der Waals surface area contributed by atoms with Gasteiger partial charge in [0.1, 0.15) is 4.90 Å². The molecule has 2 rings (SSSR count). The van der Waals surface area contributed by atoms with Crippen molar-refractivity contribution >= 4 is 43.3 Å². The number of nitro groups is 1. The minimum absolute atomic E-state index is 0.119. The standard InChI is InChI=1S/C15H13BrN4O5S/c1-8-6-13(26(24,25)10-4-2-9(16)3-5-10)12(20(22)23)7-11(8)14(21)19-15(17)18/h2-7H,1H3,(H4,17,18,19,21). The molecular weight excluding hydrogens is 428 g/mol. The smallest absolute Gasteiger partial charge is 0.289 e. The Morgan fingerprint density at radius 3 is 2.27 bits per heavy atom. The summed E-state index contributed by atoms with van der Waals surface area (Å²) in [5, 5.41) is 11.4. The second-order valence-corrected chi connectivity index (χ2v) is 8.02. The van der Waals surface area contributed by atoms with E-state index in [1.54, 1.807) is 0 Å². The SMILES string of the molecule is Cc1cc(S(=O)(=O)c2ccc(Br)cc2)c([N+](=O)[O-])cc1C(=O)N=C(N)N. The molecule has 0 atom stereocenters. The topological polar surface area (TPSA) is 159 Å². The molecule has 4 N–H and O–H groups in total. The number of halogens is 1. The maximum atomic E-state index is 12.8. The molecular formula is C15H13BrN4O5S. The molecule has 2 aromatic rings. The lowest BCUT2D eigenvalue weighted by atomic mass is 10.1. The van der Waals surface area contributed by atoms with E-state index in [-0.39, 0.29) is 16.0 Å². The number of aryl methyl sites for hydroxylation is 1. The first-order valence-corrected chi connectivity index (χ1v) is 9.25. The van der Waals surface area contributed by atoms with Crippen molar-refractivity contribution in [3.8, 4) is 0 Å².